The van der Waals surface area contributed by atoms with E-state index in [0.29, 0.717) is 31.4 Å². The van der Waals surface area contributed by atoms with Crippen LogP contribution in [-0.4, -0.2) is 60.0 Å². The minimum absolute atomic E-state index is 0.0357. The highest BCUT2D eigenvalue weighted by Crippen LogP contribution is 2.53. The summed E-state index contributed by atoms with van der Waals surface area (Å²) in [6.45, 7) is 26.1. The highest BCUT2D eigenvalue weighted by molar-refractivity contribution is 9.11. The van der Waals surface area contributed by atoms with E-state index >= 15 is 0 Å². The number of cyclic esters (lactones) is 1. The third-order valence-corrected chi connectivity index (χ3v) is 13.9. The average Bonchev–Trinajstić information content (AvgIpc) is 3.01. The van der Waals surface area contributed by atoms with Crippen molar-refractivity contribution in [1.29, 1.82) is 0 Å². The summed E-state index contributed by atoms with van der Waals surface area (Å²) in [5.74, 6) is 0.0970. The van der Waals surface area contributed by atoms with Crippen molar-refractivity contribution in [3.63, 3.8) is 0 Å². The molecule has 0 aromatic heterocycles. The Morgan fingerprint density at radius 2 is 1.67 bits per heavy atom. The van der Waals surface area contributed by atoms with E-state index in [1.54, 1.807) is 0 Å². The van der Waals surface area contributed by atoms with E-state index in [1.807, 2.05) is 25.1 Å². The number of hydrogen-bond donors (Lipinski definition) is 0. The third kappa shape index (κ3) is 10.1. The Hall–Kier alpha value is -1.25. The fourth-order valence-electron chi connectivity index (χ4n) is 8.17. The van der Waals surface area contributed by atoms with Crippen molar-refractivity contribution in [2.75, 3.05) is 0 Å². The molecule has 0 bridgehead atoms. The first-order valence-corrected chi connectivity index (χ1v) is 26.1. The summed E-state index contributed by atoms with van der Waals surface area (Å²) in [5, 5.41) is 0. The summed E-state index contributed by atoms with van der Waals surface area (Å²) in [5.41, 5.74) is 0.378. The summed E-state index contributed by atoms with van der Waals surface area (Å²) >= 11 is 7.16. The molecular weight excluding hydrogens is 808 g/mol. The van der Waals surface area contributed by atoms with Gasteiger partial charge < -0.3 is 23.1 Å². The van der Waals surface area contributed by atoms with Crippen LogP contribution in [0.4, 0.5) is 0 Å². The summed E-state index contributed by atoms with van der Waals surface area (Å²) < 4.78 is 34.2. The standard InChI is InChI=1S/C40H62Br2O7Si2/c1-13-31(46-35-29(41)15-14-16-30(35)42)36(43)47-32-22-26(38(3,4)5)21-25-18-17-24(2)40(33(25)32,49-51(11)12)20-19-27-23-28(39(6,7)8)34(37(44)45-27)48-50(9)10/h14-18,21,24,26-28,31-34,50-51H,13,19-20,22-23H2,1-12H3/t24-,26+,27+,28-,31?,32-,33+,34?,40-/m0/s1. The maximum absolute atomic E-state index is 14.2. The van der Waals surface area contributed by atoms with Crippen molar-refractivity contribution in [3.8, 4) is 5.75 Å². The van der Waals surface area contributed by atoms with Gasteiger partial charge in [0, 0.05) is 17.8 Å². The lowest BCUT2D eigenvalue weighted by molar-refractivity contribution is -0.180. The number of halogens is 2. The second-order valence-corrected chi connectivity index (χ2v) is 24.0. The van der Waals surface area contributed by atoms with Gasteiger partial charge in [0.2, 0.25) is 0 Å². The van der Waals surface area contributed by atoms with Crippen molar-refractivity contribution in [2.45, 2.75) is 144 Å². The fourth-order valence-corrected chi connectivity index (χ4v) is 11.6. The Labute approximate surface area is 327 Å². The molecule has 9 atom stereocenters. The largest absolute Gasteiger partial charge is 0.476 e. The van der Waals surface area contributed by atoms with Crippen molar-refractivity contribution < 1.29 is 32.7 Å². The average molecular weight is 871 g/mol. The third-order valence-electron chi connectivity index (χ3n) is 10.9. The zero-order valence-corrected chi connectivity index (χ0v) is 38.4. The van der Waals surface area contributed by atoms with E-state index in [2.05, 4.69) is 125 Å². The lowest BCUT2D eigenvalue weighted by Gasteiger charge is -2.54. The molecule has 1 aliphatic heterocycles. The van der Waals surface area contributed by atoms with Gasteiger partial charge in [0.1, 0.15) is 24.1 Å². The molecule has 4 rings (SSSR count). The smallest absolute Gasteiger partial charge is 0.347 e. The first-order chi connectivity index (χ1) is 23.7. The van der Waals surface area contributed by atoms with Crippen LogP contribution in [0.15, 0.2) is 50.9 Å². The minimum Gasteiger partial charge on any atom is -0.476 e. The number of fused-ring (bicyclic) bond motifs is 1. The molecule has 0 N–H and O–H groups in total. The highest BCUT2D eigenvalue weighted by atomic mass is 79.9. The van der Waals surface area contributed by atoms with Gasteiger partial charge in [-0.15, -0.1) is 0 Å². The first-order valence-electron chi connectivity index (χ1n) is 18.9. The monoisotopic (exact) mass is 868 g/mol. The van der Waals surface area contributed by atoms with Crippen molar-refractivity contribution in [3.05, 3.63) is 50.9 Å². The molecular formula is C40H62Br2O7Si2. The van der Waals surface area contributed by atoms with Crippen LogP contribution in [0.1, 0.15) is 87.5 Å². The number of rotatable bonds is 12. The van der Waals surface area contributed by atoms with Crippen molar-refractivity contribution >= 4 is 61.9 Å². The summed E-state index contributed by atoms with van der Waals surface area (Å²) in [4.78, 5) is 27.7. The van der Waals surface area contributed by atoms with Gasteiger partial charge in [-0.1, -0.05) is 79.7 Å². The molecule has 2 unspecified atom stereocenters. The normalized spacial score (nSPS) is 30.5. The Morgan fingerprint density at radius 3 is 2.22 bits per heavy atom. The lowest BCUT2D eigenvalue weighted by atomic mass is 9.59. The van der Waals surface area contributed by atoms with E-state index in [1.165, 1.54) is 0 Å². The van der Waals surface area contributed by atoms with Crippen LogP contribution in [0.25, 0.3) is 0 Å². The molecule has 1 fully saturated rings. The molecule has 286 valence electrons. The molecule has 0 radical (unpaired) electrons. The summed E-state index contributed by atoms with van der Waals surface area (Å²) in [7, 11) is -3.09. The van der Waals surface area contributed by atoms with E-state index < -0.39 is 42.0 Å². The number of benzene rings is 1. The molecule has 3 aliphatic rings. The van der Waals surface area contributed by atoms with Gasteiger partial charge in [0.25, 0.3) is 0 Å². The Balaban J connectivity index is 1.70. The molecule has 51 heavy (non-hydrogen) atoms. The van der Waals surface area contributed by atoms with Gasteiger partial charge in [0.15, 0.2) is 24.2 Å². The lowest BCUT2D eigenvalue weighted by Crippen LogP contribution is -2.58. The van der Waals surface area contributed by atoms with Crippen LogP contribution in [0, 0.1) is 34.5 Å². The molecule has 7 nitrogen and oxygen atoms in total. The maximum Gasteiger partial charge on any atom is 0.347 e. The van der Waals surface area contributed by atoms with Crippen LogP contribution in [0.3, 0.4) is 0 Å². The molecule has 0 saturated carbocycles. The van der Waals surface area contributed by atoms with E-state index in [4.69, 9.17) is 23.1 Å². The second kappa shape index (κ2) is 17.0. The molecule has 1 heterocycles. The first kappa shape index (κ1) is 42.5. The van der Waals surface area contributed by atoms with Gasteiger partial charge in [-0.25, -0.2) is 9.59 Å². The summed E-state index contributed by atoms with van der Waals surface area (Å²) in [6, 6.07) is 5.71. The van der Waals surface area contributed by atoms with Crippen LogP contribution in [0.2, 0.25) is 26.2 Å². The number of para-hydroxylation sites is 1. The maximum atomic E-state index is 14.2. The predicted octanol–water partition coefficient (Wildman–Crippen LogP) is 9.96. The molecule has 0 amide bonds. The SMILES string of the molecule is CCC(Oc1c(Br)cccc1Br)C(=O)O[C@H]1C[C@H](C(C)(C)C)C=C2C=C[C@H](C)[C@](CC[C@@H]3C[C@H](C(C)(C)C)C(O[SiH](C)C)C(=O)O3)(O[SiH](C)C)[C@H]21. The van der Waals surface area contributed by atoms with E-state index in [-0.39, 0.29) is 52.5 Å². The van der Waals surface area contributed by atoms with Gasteiger partial charge in [0.05, 0.1) is 14.5 Å². The van der Waals surface area contributed by atoms with Crippen LogP contribution < -0.4 is 4.74 Å². The Morgan fingerprint density at radius 1 is 1.02 bits per heavy atom. The zero-order valence-electron chi connectivity index (χ0n) is 32.9. The van der Waals surface area contributed by atoms with Crippen LogP contribution >= 0.6 is 31.9 Å². The van der Waals surface area contributed by atoms with Crippen LogP contribution in [-0.2, 0) is 27.9 Å². The van der Waals surface area contributed by atoms with Crippen LogP contribution in [0.5, 0.6) is 5.75 Å². The van der Waals surface area contributed by atoms with Gasteiger partial charge >= 0.3 is 11.9 Å². The highest BCUT2D eigenvalue weighted by Gasteiger charge is 2.55. The number of esters is 2. The summed E-state index contributed by atoms with van der Waals surface area (Å²) in [6.07, 6.45) is 8.16. The molecule has 1 aromatic rings. The number of hydrogen-bond acceptors (Lipinski definition) is 7. The van der Waals surface area contributed by atoms with E-state index in [9.17, 15) is 9.59 Å². The Kier molecular flexibility index (Phi) is 14.2. The molecule has 1 saturated heterocycles. The second-order valence-electron chi connectivity index (χ2n) is 17.6. The van der Waals surface area contributed by atoms with Crippen molar-refractivity contribution in [2.24, 2.45) is 34.5 Å². The van der Waals surface area contributed by atoms with Gasteiger partial charge in [-0.05, 0) is 125 Å². The van der Waals surface area contributed by atoms with E-state index in [0.717, 1.165) is 20.9 Å². The zero-order chi connectivity index (χ0) is 38.1. The van der Waals surface area contributed by atoms with Gasteiger partial charge in [-0.3, -0.25) is 0 Å². The number of allylic oxidation sites excluding steroid dienone is 2. The Bertz CT molecular complexity index is 1430. The molecule has 0 spiro atoms. The van der Waals surface area contributed by atoms with Crippen molar-refractivity contribution in [1.82, 2.24) is 0 Å². The molecule has 2 aliphatic carbocycles. The topological polar surface area (TPSA) is 80.3 Å². The molecule has 11 heteroatoms. The quantitative estimate of drug-likeness (QED) is 0.153. The number of carbonyl (C=O) groups excluding carboxylic acids is 2. The minimum atomic E-state index is -1.63. The molecule has 1 aromatic carbocycles. The number of carbonyl (C=O) groups is 2. The predicted molar refractivity (Wildman–Crippen MR) is 217 cm³/mol. The van der Waals surface area contributed by atoms with Gasteiger partial charge in [-0.2, -0.15) is 0 Å². The number of ether oxygens (including phenoxy) is 3. The fraction of sp³-hybridized carbons (Fsp3) is 0.700.